The fraction of sp³-hybridized carbons (Fsp3) is 0.333. The summed E-state index contributed by atoms with van der Waals surface area (Å²) in [5, 5.41) is 0. The van der Waals surface area contributed by atoms with E-state index in [0.717, 1.165) is 17.9 Å². The molecule has 0 spiro atoms. The van der Waals surface area contributed by atoms with Gasteiger partial charge in [0.25, 0.3) is 0 Å². The molecule has 1 aromatic carbocycles. The zero-order valence-electron chi connectivity index (χ0n) is 11.4. The van der Waals surface area contributed by atoms with Crippen molar-refractivity contribution in [1.82, 2.24) is 4.68 Å². The first-order valence-electron chi connectivity index (χ1n) is 6.14. The molecule has 0 atom stereocenters. The van der Waals surface area contributed by atoms with E-state index in [-0.39, 0.29) is 0 Å². The molecule has 96 valence electrons. The van der Waals surface area contributed by atoms with Gasteiger partial charge in [0.1, 0.15) is 5.75 Å². The quantitative estimate of drug-likeness (QED) is 0.894. The number of ether oxygens (including phenoxy) is 1. The van der Waals surface area contributed by atoms with Crippen LogP contribution >= 0.6 is 0 Å². The van der Waals surface area contributed by atoms with Crippen LogP contribution in [0.2, 0.25) is 0 Å². The summed E-state index contributed by atoms with van der Waals surface area (Å²) in [5.41, 5.74) is 8.27. The van der Waals surface area contributed by atoms with Crippen molar-refractivity contribution in [3.8, 4) is 5.75 Å². The second-order valence-corrected chi connectivity index (χ2v) is 4.59. The molecule has 1 aromatic heterocycles. The lowest BCUT2D eigenvalue weighted by Gasteiger charge is -2.13. The minimum Gasteiger partial charge on any atom is -0.496 e. The van der Waals surface area contributed by atoms with Crippen LogP contribution in [0.1, 0.15) is 22.5 Å². The Labute approximate surface area is 108 Å². The van der Waals surface area contributed by atoms with Crippen molar-refractivity contribution in [3.05, 3.63) is 52.8 Å². The van der Waals surface area contributed by atoms with Crippen LogP contribution in [0.3, 0.4) is 0 Å². The van der Waals surface area contributed by atoms with Gasteiger partial charge in [-0.25, -0.2) is 0 Å². The second-order valence-electron chi connectivity index (χ2n) is 4.59. The molecule has 1 heterocycles. The Morgan fingerprint density at radius 3 is 2.28 bits per heavy atom. The number of benzene rings is 1. The van der Waals surface area contributed by atoms with Crippen LogP contribution in [0.5, 0.6) is 5.75 Å². The number of aryl methyl sites for hydroxylation is 3. The van der Waals surface area contributed by atoms with Crippen molar-refractivity contribution in [1.29, 1.82) is 0 Å². The molecule has 0 unspecified atom stereocenters. The summed E-state index contributed by atoms with van der Waals surface area (Å²) < 4.78 is 7.37. The standard InChI is InChI=1S/C15H20N2O/c1-11-9-14(7-8-15(11)18-4)10-16-17-12(2)5-6-13(17)3/h5-9,16H,10H2,1-4H3. The Bertz CT molecular complexity index is 524. The number of nitrogens with one attached hydrogen (secondary N) is 1. The maximum absolute atomic E-state index is 5.26. The average Bonchev–Trinajstić information content (AvgIpc) is 2.67. The lowest BCUT2D eigenvalue weighted by Crippen LogP contribution is -2.16. The van der Waals surface area contributed by atoms with E-state index in [1.54, 1.807) is 7.11 Å². The van der Waals surface area contributed by atoms with Crippen LogP contribution in [0, 0.1) is 20.8 Å². The van der Waals surface area contributed by atoms with Crippen molar-refractivity contribution in [2.45, 2.75) is 27.3 Å². The summed E-state index contributed by atoms with van der Waals surface area (Å²) in [7, 11) is 1.70. The summed E-state index contributed by atoms with van der Waals surface area (Å²) >= 11 is 0. The molecule has 2 rings (SSSR count). The summed E-state index contributed by atoms with van der Waals surface area (Å²) in [5.74, 6) is 0.937. The number of nitrogens with zero attached hydrogens (tertiary/aromatic N) is 1. The van der Waals surface area contributed by atoms with Crippen molar-refractivity contribution in [2.24, 2.45) is 0 Å². The van der Waals surface area contributed by atoms with Crippen LogP contribution in [-0.4, -0.2) is 11.8 Å². The molecule has 0 saturated carbocycles. The molecule has 3 heteroatoms. The molecule has 1 N–H and O–H groups in total. The lowest BCUT2D eigenvalue weighted by molar-refractivity contribution is 0.411. The predicted molar refractivity (Wildman–Crippen MR) is 74.7 cm³/mol. The van der Waals surface area contributed by atoms with Crippen LogP contribution < -0.4 is 10.2 Å². The molecule has 3 nitrogen and oxygen atoms in total. The van der Waals surface area contributed by atoms with Gasteiger partial charge in [-0.05, 0) is 50.1 Å². The van der Waals surface area contributed by atoms with Crippen LogP contribution in [0.15, 0.2) is 30.3 Å². The number of rotatable bonds is 4. The first kappa shape index (κ1) is 12.6. The monoisotopic (exact) mass is 244 g/mol. The van der Waals surface area contributed by atoms with Gasteiger partial charge in [-0.15, -0.1) is 0 Å². The molecule has 0 aliphatic rings. The van der Waals surface area contributed by atoms with Gasteiger partial charge in [0.15, 0.2) is 0 Å². The highest BCUT2D eigenvalue weighted by atomic mass is 16.5. The first-order valence-corrected chi connectivity index (χ1v) is 6.14. The summed E-state index contributed by atoms with van der Waals surface area (Å²) in [6.45, 7) is 7.06. The molecule has 0 aliphatic carbocycles. The second kappa shape index (κ2) is 5.17. The molecule has 0 radical (unpaired) electrons. The van der Waals surface area contributed by atoms with Crippen molar-refractivity contribution in [2.75, 3.05) is 12.5 Å². The Kier molecular flexibility index (Phi) is 3.60. The minimum atomic E-state index is 0.807. The van der Waals surface area contributed by atoms with Crippen LogP contribution in [-0.2, 0) is 6.54 Å². The van der Waals surface area contributed by atoms with E-state index in [9.17, 15) is 0 Å². The SMILES string of the molecule is COc1ccc(CNn2c(C)ccc2C)cc1C. The van der Waals surface area contributed by atoms with Gasteiger partial charge in [-0.2, -0.15) is 0 Å². The highest BCUT2D eigenvalue weighted by Gasteiger charge is 2.02. The topological polar surface area (TPSA) is 26.2 Å². The third kappa shape index (κ3) is 2.50. The Balaban J connectivity index is 2.09. The third-order valence-corrected chi connectivity index (χ3v) is 3.17. The van der Waals surface area contributed by atoms with Gasteiger partial charge < -0.3 is 10.2 Å². The molecule has 2 aromatic rings. The molecule has 0 fully saturated rings. The van der Waals surface area contributed by atoms with Crippen molar-refractivity contribution < 1.29 is 4.74 Å². The van der Waals surface area contributed by atoms with Gasteiger partial charge in [0.05, 0.1) is 13.7 Å². The van der Waals surface area contributed by atoms with E-state index in [0.29, 0.717) is 0 Å². The fourth-order valence-electron chi connectivity index (χ4n) is 2.14. The number of methoxy groups -OCH3 is 1. The van der Waals surface area contributed by atoms with Gasteiger partial charge in [0.2, 0.25) is 0 Å². The molecule has 0 bridgehead atoms. The maximum Gasteiger partial charge on any atom is 0.121 e. The lowest BCUT2D eigenvalue weighted by atomic mass is 10.1. The zero-order valence-corrected chi connectivity index (χ0v) is 11.4. The number of hydrogen-bond acceptors (Lipinski definition) is 2. The largest absolute Gasteiger partial charge is 0.496 e. The van der Waals surface area contributed by atoms with Gasteiger partial charge in [-0.3, -0.25) is 4.68 Å². The fourth-order valence-corrected chi connectivity index (χ4v) is 2.14. The highest BCUT2D eigenvalue weighted by Crippen LogP contribution is 2.18. The van der Waals surface area contributed by atoms with E-state index in [1.165, 1.54) is 17.0 Å². The summed E-state index contributed by atoms with van der Waals surface area (Å²) in [6, 6.07) is 10.5. The Morgan fingerprint density at radius 1 is 1.06 bits per heavy atom. The average molecular weight is 244 g/mol. The summed E-state index contributed by atoms with van der Waals surface area (Å²) in [6.07, 6.45) is 0. The van der Waals surface area contributed by atoms with E-state index >= 15 is 0 Å². The van der Waals surface area contributed by atoms with Crippen LogP contribution in [0.25, 0.3) is 0 Å². The highest BCUT2D eigenvalue weighted by molar-refractivity contribution is 5.36. The molecule has 0 aliphatic heterocycles. The Hall–Kier alpha value is -1.90. The number of hydrogen-bond donors (Lipinski definition) is 1. The Morgan fingerprint density at radius 2 is 1.72 bits per heavy atom. The van der Waals surface area contributed by atoms with Crippen molar-refractivity contribution >= 4 is 0 Å². The molecular formula is C15H20N2O. The first-order chi connectivity index (χ1) is 8.61. The third-order valence-electron chi connectivity index (χ3n) is 3.17. The van der Waals surface area contributed by atoms with Gasteiger partial charge >= 0.3 is 0 Å². The number of aromatic nitrogens is 1. The van der Waals surface area contributed by atoms with Gasteiger partial charge in [0, 0.05) is 11.4 Å². The molecule has 18 heavy (non-hydrogen) atoms. The van der Waals surface area contributed by atoms with E-state index in [4.69, 9.17) is 4.74 Å². The minimum absolute atomic E-state index is 0.807. The van der Waals surface area contributed by atoms with Crippen LogP contribution in [0.4, 0.5) is 0 Å². The molecular weight excluding hydrogens is 224 g/mol. The molecule has 0 saturated heterocycles. The summed E-state index contributed by atoms with van der Waals surface area (Å²) in [4.78, 5) is 0. The van der Waals surface area contributed by atoms with Crippen molar-refractivity contribution in [3.63, 3.8) is 0 Å². The van der Waals surface area contributed by atoms with E-state index in [2.05, 4.69) is 55.1 Å². The van der Waals surface area contributed by atoms with E-state index in [1.807, 2.05) is 6.07 Å². The predicted octanol–water partition coefficient (Wildman–Crippen LogP) is 3.17. The smallest absolute Gasteiger partial charge is 0.121 e. The normalized spacial score (nSPS) is 10.4. The van der Waals surface area contributed by atoms with E-state index < -0.39 is 0 Å². The maximum atomic E-state index is 5.26. The zero-order chi connectivity index (χ0) is 13.1. The van der Waals surface area contributed by atoms with Gasteiger partial charge in [-0.1, -0.05) is 12.1 Å². The molecule has 0 amide bonds.